The maximum absolute atomic E-state index is 4.74. The zero-order valence-electron chi connectivity index (χ0n) is 10.1. The Hall–Kier alpha value is -0.580. The molecule has 2 aliphatic heterocycles. The number of thiazole rings is 1. The summed E-state index contributed by atoms with van der Waals surface area (Å²) in [6.07, 6.45) is 5.39. The van der Waals surface area contributed by atoms with Gasteiger partial charge in [-0.1, -0.05) is 23.9 Å². The van der Waals surface area contributed by atoms with Gasteiger partial charge in [0, 0.05) is 17.3 Å². The van der Waals surface area contributed by atoms with Crippen LogP contribution in [-0.2, 0) is 0 Å². The molecule has 2 atom stereocenters. The lowest BCUT2D eigenvalue weighted by Crippen LogP contribution is -2.39. The molecule has 2 fully saturated rings. The van der Waals surface area contributed by atoms with Crippen molar-refractivity contribution in [1.29, 1.82) is 0 Å². The van der Waals surface area contributed by atoms with E-state index in [1.54, 1.807) is 0 Å². The van der Waals surface area contributed by atoms with Crippen molar-refractivity contribution in [3.63, 3.8) is 0 Å². The van der Waals surface area contributed by atoms with Gasteiger partial charge in [-0.15, -0.1) is 11.3 Å². The second-order valence-corrected chi connectivity index (χ2v) is 7.87. The number of aromatic nitrogens is 1. The fourth-order valence-corrected chi connectivity index (χ4v) is 5.81. The minimum absolute atomic E-state index is 0.768. The van der Waals surface area contributed by atoms with Crippen molar-refractivity contribution in [1.82, 2.24) is 10.3 Å². The van der Waals surface area contributed by atoms with Crippen molar-refractivity contribution >= 4 is 33.3 Å². The zero-order valence-corrected chi connectivity index (χ0v) is 11.8. The molecule has 0 radical (unpaired) electrons. The molecule has 94 valence electrons. The second kappa shape index (κ2) is 4.51. The molecule has 0 unspecified atom stereocenters. The van der Waals surface area contributed by atoms with Gasteiger partial charge in [0.1, 0.15) is 0 Å². The Kier molecular flexibility index (Phi) is 2.82. The number of fused-ring (bicyclic) bond motifs is 3. The molecule has 0 saturated carbocycles. The summed E-state index contributed by atoms with van der Waals surface area (Å²) in [5, 5.41) is 4.47. The van der Waals surface area contributed by atoms with Gasteiger partial charge in [-0.05, 0) is 37.8 Å². The Morgan fingerprint density at radius 3 is 2.72 bits per heavy atom. The van der Waals surface area contributed by atoms with Crippen LogP contribution in [0.5, 0.6) is 0 Å². The number of nitrogens with one attached hydrogen (secondary N) is 1. The largest absolute Gasteiger partial charge is 0.311 e. The van der Waals surface area contributed by atoms with E-state index >= 15 is 0 Å². The number of para-hydroxylation sites is 1. The van der Waals surface area contributed by atoms with Crippen molar-refractivity contribution < 1.29 is 0 Å². The number of benzene rings is 1. The second-order valence-electron chi connectivity index (χ2n) is 5.30. The highest BCUT2D eigenvalue weighted by atomic mass is 32.2. The molecule has 18 heavy (non-hydrogen) atoms. The molecule has 3 heterocycles. The van der Waals surface area contributed by atoms with Crippen molar-refractivity contribution in [2.45, 2.75) is 47.4 Å². The van der Waals surface area contributed by atoms with Crippen LogP contribution >= 0.6 is 23.1 Å². The Labute approximate surface area is 115 Å². The molecule has 2 aliphatic rings. The normalized spacial score (nSPS) is 31.0. The summed E-state index contributed by atoms with van der Waals surface area (Å²) >= 11 is 3.85. The molecule has 2 nitrogen and oxygen atoms in total. The summed E-state index contributed by atoms with van der Waals surface area (Å²) in [4.78, 5) is 4.74. The van der Waals surface area contributed by atoms with Crippen molar-refractivity contribution in [2.24, 2.45) is 0 Å². The zero-order chi connectivity index (χ0) is 11.9. The van der Waals surface area contributed by atoms with Crippen LogP contribution in [0.3, 0.4) is 0 Å². The van der Waals surface area contributed by atoms with Crippen LogP contribution in [-0.4, -0.2) is 22.3 Å². The third-order valence-corrected chi connectivity index (χ3v) is 6.35. The van der Waals surface area contributed by atoms with E-state index in [-0.39, 0.29) is 0 Å². The van der Waals surface area contributed by atoms with Gasteiger partial charge in [-0.2, -0.15) is 0 Å². The Morgan fingerprint density at radius 1 is 1.17 bits per heavy atom. The van der Waals surface area contributed by atoms with E-state index in [9.17, 15) is 0 Å². The predicted molar refractivity (Wildman–Crippen MR) is 78.4 cm³/mol. The van der Waals surface area contributed by atoms with Crippen LogP contribution in [0, 0.1) is 0 Å². The summed E-state index contributed by atoms with van der Waals surface area (Å²) < 4.78 is 2.57. The van der Waals surface area contributed by atoms with Gasteiger partial charge in [-0.3, -0.25) is 0 Å². The summed E-state index contributed by atoms with van der Waals surface area (Å²) in [7, 11) is 0. The molecule has 4 heteroatoms. The van der Waals surface area contributed by atoms with Crippen LogP contribution in [0.1, 0.15) is 25.7 Å². The van der Waals surface area contributed by atoms with Gasteiger partial charge in [-0.25, -0.2) is 4.98 Å². The molecule has 0 aliphatic carbocycles. The highest BCUT2D eigenvalue weighted by molar-refractivity contribution is 8.01. The SMILES string of the molecule is c1ccc2sc(SC3C[C@H]4CC[C@H](C3)N4)nc2c1. The lowest BCUT2D eigenvalue weighted by Gasteiger charge is -2.27. The van der Waals surface area contributed by atoms with E-state index in [0.29, 0.717) is 0 Å². The molecule has 2 bridgehead atoms. The molecule has 1 N–H and O–H groups in total. The summed E-state index contributed by atoms with van der Waals surface area (Å²) in [6, 6.07) is 10.00. The van der Waals surface area contributed by atoms with Crippen LogP contribution < -0.4 is 5.32 Å². The molecular formula is C14H16N2S2. The topological polar surface area (TPSA) is 24.9 Å². The van der Waals surface area contributed by atoms with Crippen LogP contribution in [0.4, 0.5) is 0 Å². The third kappa shape index (κ3) is 2.06. The van der Waals surface area contributed by atoms with E-state index in [2.05, 4.69) is 29.6 Å². The van der Waals surface area contributed by atoms with E-state index in [1.165, 1.54) is 34.7 Å². The highest BCUT2D eigenvalue weighted by Crippen LogP contribution is 2.39. The standard InChI is InChI=1S/C14H16N2S2/c1-2-4-13-12(3-1)16-14(18-13)17-11-7-9-5-6-10(8-11)15-9/h1-4,9-11,15H,5-8H2/t9-,10-/m1/s1. The molecule has 2 aromatic rings. The van der Waals surface area contributed by atoms with Crippen molar-refractivity contribution in [3.8, 4) is 0 Å². The van der Waals surface area contributed by atoms with Gasteiger partial charge in [0.2, 0.25) is 0 Å². The van der Waals surface area contributed by atoms with E-state index in [0.717, 1.165) is 22.9 Å². The first kappa shape index (κ1) is 11.3. The first-order chi connectivity index (χ1) is 8.87. The summed E-state index contributed by atoms with van der Waals surface area (Å²) in [5.41, 5.74) is 1.15. The van der Waals surface area contributed by atoms with E-state index < -0.39 is 0 Å². The molecule has 2 saturated heterocycles. The third-order valence-electron chi connectivity index (χ3n) is 3.97. The first-order valence-electron chi connectivity index (χ1n) is 6.65. The lowest BCUT2D eigenvalue weighted by atomic mass is 10.1. The smallest absolute Gasteiger partial charge is 0.151 e. The van der Waals surface area contributed by atoms with Gasteiger partial charge in [0.05, 0.1) is 10.2 Å². The molecular weight excluding hydrogens is 260 g/mol. The monoisotopic (exact) mass is 276 g/mol. The Balaban J connectivity index is 1.54. The fraction of sp³-hybridized carbons (Fsp3) is 0.500. The minimum Gasteiger partial charge on any atom is -0.311 e. The van der Waals surface area contributed by atoms with Gasteiger partial charge in [0.15, 0.2) is 4.34 Å². The summed E-state index contributed by atoms with van der Waals surface area (Å²) in [6.45, 7) is 0. The molecule has 4 rings (SSSR count). The highest BCUT2D eigenvalue weighted by Gasteiger charge is 2.34. The lowest BCUT2D eigenvalue weighted by molar-refractivity contribution is 0.415. The van der Waals surface area contributed by atoms with Gasteiger partial charge < -0.3 is 5.32 Å². The Bertz CT molecular complexity index is 521. The van der Waals surface area contributed by atoms with Crippen LogP contribution in [0.2, 0.25) is 0 Å². The number of rotatable bonds is 2. The molecule has 0 spiro atoms. The van der Waals surface area contributed by atoms with E-state index in [4.69, 9.17) is 4.98 Å². The molecule has 1 aromatic carbocycles. The maximum atomic E-state index is 4.74. The summed E-state index contributed by atoms with van der Waals surface area (Å²) in [5.74, 6) is 0. The van der Waals surface area contributed by atoms with E-state index in [1.807, 2.05) is 23.1 Å². The molecule has 0 amide bonds. The van der Waals surface area contributed by atoms with Crippen molar-refractivity contribution in [2.75, 3.05) is 0 Å². The van der Waals surface area contributed by atoms with Crippen molar-refractivity contribution in [3.05, 3.63) is 24.3 Å². The molecule has 1 aromatic heterocycles. The number of hydrogen-bond acceptors (Lipinski definition) is 4. The van der Waals surface area contributed by atoms with Crippen LogP contribution in [0.15, 0.2) is 28.6 Å². The van der Waals surface area contributed by atoms with Gasteiger partial charge in [0.25, 0.3) is 0 Å². The number of hydrogen-bond donors (Lipinski definition) is 1. The number of nitrogens with zero attached hydrogens (tertiary/aromatic N) is 1. The maximum Gasteiger partial charge on any atom is 0.151 e. The number of thioether (sulfide) groups is 1. The van der Waals surface area contributed by atoms with Crippen LogP contribution in [0.25, 0.3) is 10.2 Å². The first-order valence-corrected chi connectivity index (χ1v) is 8.35. The quantitative estimate of drug-likeness (QED) is 0.906. The number of piperidine rings is 1. The average molecular weight is 276 g/mol. The minimum atomic E-state index is 0.768. The fourth-order valence-electron chi connectivity index (χ4n) is 3.15. The average Bonchev–Trinajstić information content (AvgIpc) is 2.92. The predicted octanol–water partition coefficient (Wildman–Crippen LogP) is 3.67. The Morgan fingerprint density at radius 2 is 1.94 bits per heavy atom. The van der Waals surface area contributed by atoms with Gasteiger partial charge >= 0.3 is 0 Å².